The van der Waals surface area contributed by atoms with Gasteiger partial charge in [-0.15, -0.1) is 0 Å². The maximum atomic E-state index is 12.8. The van der Waals surface area contributed by atoms with Crippen LogP contribution in [0.25, 0.3) is 0 Å². The molecule has 2 heterocycles. The van der Waals surface area contributed by atoms with Gasteiger partial charge in [0, 0.05) is 18.8 Å². The minimum absolute atomic E-state index is 0.0363. The number of aryl methyl sites for hydroxylation is 1. The van der Waals surface area contributed by atoms with Gasteiger partial charge in [0.15, 0.2) is 11.5 Å². The predicted molar refractivity (Wildman–Crippen MR) is 90.4 cm³/mol. The molecular formula is C18H17N3O4. The fraction of sp³-hybridized carbons (Fsp3) is 0.222. The van der Waals surface area contributed by atoms with Crippen LogP contribution in [0.4, 0.5) is 0 Å². The van der Waals surface area contributed by atoms with Crippen molar-refractivity contribution in [3.05, 3.63) is 62.9 Å². The average Bonchev–Trinajstić information content (AvgIpc) is 2.59. The maximum absolute atomic E-state index is 12.8. The monoisotopic (exact) mass is 339 g/mol. The minimum atomic E-state index is -0.706. The van der Waals surface area contributed by atoms with Crippen LogP contribution in [-0.4, -0.2) is 16.8 Å². The predicted octanol–water partition coefficient (Wildman–Crippen LogP) is 1.63. The van der Waals surface area contributed by atoms with E-state index in [1.54, 1.807) is 32.2 Å². The highest BCUT2D eigenvalue weighted by Gasteiger charge is 2.34. The average molecular weight is 339 g/mol. The van der Waals surface area contributed by atoms with Crippen molar-refractivity contribution in [2.24, 2.45) is 12.8 Å². The number of hydrogen-bond donors (Lipinski definition) is 2. The van der Waals surface area contributed by atoms with Crippen LogP contribution in [0.1, 0.15) is 22.7 Å². The molecule has 1 aromatic heterocycles. The summed E-state index contributed by atoms with van der Waals surface area (Å²) in [6.45, 7) is 1.78. The number of aromatic hydroxyl groups is 1. The minimum Gasteiger partial charge on any atom is -0.504 e. The molecule has 128 valence electrons. The van der Waals surface area contributed by atoms with Crippen molar-refractivity contribution in [3.8, 4) is 23.3 Å². The third-order valence-electron chi connectivity index (χ3n) is 4.39. The van der Waals surface area contributed by atoms with E-state index in [0.29, 0.717) is 22.6 Å². The van der Waals surface area contributed by atoms with Crippen LogP contribution >= 0.6 is 0 Å². The molecule has 0 aliphatic carbocycles. The second kappa shape index (κ2) is 5.91. The lowest BCUT2D eigenvalue weighted by molar-refractivity contribution is 0.372. The molecule has 3 N–H and O–H groups in total. The van der Waals surface area contributed by atoms with Crippen molar-refractivity contribution in [2.45, 2.75) is 12.8 Å². The van der Waals surface area contributed by atoms with Gasteiger partial charge in [-0.2, -0.15) is 5.26 Å². The Hall–Kier alpha value is -3.40. The topological polar surface area (TPSA) is 110 Å². The van der Waals surface area contributed by atoms with E-state index in [4.69, 9.17) is 15.2 Å². The number of aromatic nitrogens is 1. The van der Waals surface area contributed by atoms with Crippen LogP contribution in [0.3, 0.4) is 0 Å². The molecule has 0 spiro atoms. The molecule has 7 heteroatoms. The van der Waals surface area contributed by atoms with E-state index >= 15 is 0 Å². The highest BCUT2D eigenvalue weighted by atomic mass is 16.5. The Morgan fingerprint density at radius 1 is 1.40 bits per heavy atom. The smallest absolute Gasteiger partial charge is 0.258 e. The van der Waals surface area contributed by atoms with Crippen molar-refractivity contribution in [1.82, 2.24) is 4.57 Å². The molecule has 7 nitrogen and oxygen atoms in total. The second-order valence-electron chi connectivity index (χ2n) is 5.78. The molecule has 3 rings (SSSR count). The Balaban J connectivity index is 2.34. The first kappa shape index (κ1) is 16.5. The SMILES string of the molecule is COc1cc(C2C(C#N)=C(N)Oc3cc(C)n(C)c(=O)c32)ccc1O. The second-order valence-corrected chi connectivity index (χ2v) is 5.78. The van der Waals surface area contributed by atoms with Gasteiger partial charge < -0.3 is 24.9 Å². The first-order valence-corrected chi connectivity index (χ1v) is 7.54. The van der Waals surface area contributed by atoms with Crippen LogP contribution in [0.5, 0.6) is 17.2 Å². The number of pyridine rings is 1. The number of methoxy groups -OCH3 is 1. The van der Waals surface area contributed by atoms with Gasteiger partial charge in [0.25, 0.3) is 5.56 Å². The van der Waals surface area contributed by atoms with Crippen LogP contribution < -0.4 is 20.8 Å². The lowest BCUT2D eigenvalue weighted by Gasteiger charge is -2.27. The quantitative estimate of drug-likeness (QED) is 0.860. The first-order chi connectivity index (χ1) is 11.9. The van der Waals surface area contributed by atoms with E-state index in [-0.39, 0.29) is 28.5 Å². The molecule has 1 unspecified atom stereocenters. The number of ether oxygens (including phenoxy) is 2. The van der Waals surface area contributed by atoms with Gasteiger partial charge in [-0.25, -0.2) is 0 Å². The summed E-state index contributed by atoms with van der Waals surface area (Å²) in [5.74, 6) is -0.215. The highest BCUT2D eigenvalue weighted by molar-refractivity contribution is 5.57. The Bertz CT molecular complexity index is 999. The zero-order valence-electron chi connectivity index (χ0n) is 14.0. The summed E-state index contributed by atoms with van der Waals surface area (Å²) in [5.41, 5.74) is 7.41. The van der Waals surface area contributed by atoms with Gasteiger partial charge in [0.2, 0.25) is 5.88 Å². The van der Waals surface area contributed by atoms with E-state index in [1.165, 1.54) is 17.7 Å². The summed E-state index contributed by atoms with van der Waals surface area (Å²) in [6, 6.07) is 8.41. The first-order valence-electron chi connectivity index (χ1n) is 7.54. The van der Waals surface area contributed by atoms with Gasteiger partial charge in [-0.1, -0.05) is 6.07 Å². The number of phenolic OH excluding ortho intramolecular Hbond substituents is 1. The number of rotatable bonds is 2. The van der Waals surface area contributed by atoms with Gasteiger partial charge in [0.05, 0.1) is 18.6 Å². The van der Waals surface area contributed by atoms with Crippen molar-refractivity contribution >= 4 is 0 Å². The van der Waals surface area contributed by atoms with Crippen LogP contribution in [0.15, 0.2) is 40.5 Å². The van der Waals surface area contributed by atoms with E-state index in [2.05, 4.69) is 0 Å². The zero-order chi connectivity index (χ0) is 18.3. The van der Waals surface area contributed by atoms with Crippen LogP contribution in [0, 0.1) is 18.3 Å². The Morgan fingerprint density at radius 3 is 2.76 bits per heavy atom. The molecular weight excluding hydrogens is 322 g/mol. The third kappa shape index (κ3) is 2.48. The molecule has 1 aliphatic heterocycles. The fourth-order valence-electron chi connectivity index (χ4n) is 2.95. The van der Waals surface area contributed by atoms with Gasteiger partial charge in [-0.05, 0) is 24.6 Å². The molecule has 0 fully saturated rings. The molecule has 0 saturated carbocycles. The fourth-order valence-corrected chi connectivity index (χ4v) is 2.95. The standard InChI is InChI=1S/C18H17N3O4/c1-9-6-14-16(18(23)21(9)2)15(11(8-19)17(20)25-14)10-4-5-12(22)13(7-10)24-3/h4-7,15,22H,20H2,1-3H3. The zero-order valence-corrected chi connectivity index (χ0v) is 14.0. The summed E-state index contributed by atoms with van der Waals surface area (Å²) >= 11 is 0. The summed E-state index contributed by atoms with van der Waals surface area (Å²) in [4.78, 5) is 12.8. The van der Waals surface area contributed by atoms with Crippen LogP contribution in [0.2, 0.25) is 0 Å². The molecule has 0 amide bonds. The molecule has 1 aromatic carbocycles. The summed E-state index contributed by atoms with van der Waals surface area (Å²) < 4.78 is 12.2. The number of benzene rings is 1. The Kier molecular flexibility index (Phi) is 3.89. The maximum Gasteiger partial charge on any atom is 0.258 e. The number of nitriles is 1. The number of phenols is 1. The van der Waals surface area contributed by atoms with Crippen LogP contribution in [-0.2, 0) is 7.05 Å². The molecule has 2 aromatic rings. The lowest BCUT2D eigenvalue weighted by atomic mass is 9.84. The lowest BCUT2D eigenvalue weighted by Crippen LogP contribution is -2.31. The number of hydrogen-bond acceptors (Lipinski definition) is 6. The van der Waals surface area contributed by atoms with E-state index in [0.717, 1.165) is 0 Å². The Labute approximate surface area is 144 Å². The Morgan fingerprint density at radius 2 is 2.12 bits per heavy atom. The largest absolute Gasteiger partial charge is 0.504 e. The van der Waals surface area contributed by atoms with E-state index in [1.807, 2.05) is 6.07 Å². The van der Waals surface area contributed by atoms with Crippen molar-refractivity contribution < 1.29 is 14.6 Å². The molecule has 25 heavy (non-hydrogen) atoms. The molecule has 0 bridgehead atoms. The van der Waals surface area contributed by atoms with Crippen molar-refractivity contribution in [2.75, 3.05) is 7.11 Å². The van der Waals surface area contributed by atoms with Gasteiger partial charge >= 0.3 is 0 Å². The van der Waals surface area contributed by atoms with Gasteiger partial charge in [-0.3, -0.25) is 4.79 Å². The number of allylic oxidation sites excluding steroid dienone is 1. The molecule has 1 aliphatic rings. The van der Waals surface area contributed by atoms with Gasteiger partial charge in [0.1, 0.15) is 17.4 Å². The highest BCUT2D eigenvalue weighted by Crippen LogP contribution is 2.42. The molecule has 0 radical (unpaired) electrons. The molecule has 1 atom stereocenters. The van der Waals surface area contributed by atoms with Crippen molar-refractivity contribution in [1.29, 1.82) is 5.26 Å². The van der Waals surface area contributed by atoms with Crippen molar-refractivity contribution in [3.63, 3.8) is 0 Å². The summed E-state index contributed by atoms with van der Waals surface area (Å²) in [7, 11) is 3.08. The number of nitrogens with zero attached hydrogens (tertiary/aromatic N) is 2. The number of fused-ring (bicyclic) bond motifs is 1. The normalized spacial score (nSPS) is 16.0. The molecule has 0 saturated heterocycles. The summed E-state index contributed by atoms with van der Waals surface area (Å²) in [6.07, 6.45) is 0. The third-order valence-corrected chi connectivity index (χ3v) is 4.39. The van der Waals surface area contributed by atoms with E-state index in [9.17, 15) is 15.2 Å². The number of nitrogens with two attached hydrogens (primary N) is 1. The summed E-state index contributed by atoms with van der Waals surface area (Å²) in [5, 5.41) is 19.4. The van der Waals surface area contributed by atoms with E-state index < -0.39 is 5.92 Å².